The molecule has 2 rings (SSSR count). The summed E-state index contributed by atoms with van der Waals surface area (Å²) in [5, 5.41) is 0. The van der Waals surface area contributed by atoms with E-state index >= 15 is 4.39 Å². The van der Waals surface area contributed by atoms with Crippen LogP contribution in [0.4, 0.5) is 17.6 Å². The molecule has 0 heterocycles. The van der Waals surface area contributed by atoms with Gasteiger partial charge in [-0.25, -0.2) is 9.18 Å². The molecule has 2 fully saturated rings. The van der Waals surface area contributed by atoms with Crippen molar-refractivity contribution in [2.45, 2.75) is 77.4 Å². The van der Waals surface area contributed by atoms with E-state index < -0.39 is 41.5 Å². The second-order valence-electron chi connectivity index (χ2n) is 8.79. The fraction of sp³-hybridized carbons (Fsp3) is 0.944. The van der Waals surface area contributed by atoms with Crippen LogP contribution in [0.15, 0.2) is 0 Å². The summed E-state index contributed by atoms with van der Waals surface area (Å²) in [4.78, 5) is 11.8. The largest absolute Gasteiger partial charge is 0.458 e. The zero-order valence-electron chi connectivity index (χ0n) is 15.7. The topological polar surface area (TPSA) is 35.5 Å². The molecule has 0 N–H and O–H groups in total. The quantitative estimate of drug-likeness (QED) is 0.534. The van der Waals surface area contributed by atoms with Crippen LogP contribution in [0.3, 0.4) is 0 Å². The molecular formula is C18H28F4O3. The van der Waals surface area contributed by atoms with Gasteiger partial charge >= 0.3 is 12.1 Å². The molecule has 7 heteroatoms. The van der Waals surface area contributed by atoms with Gasteiger partial charge in [-0.15, -0.1) is 0 Å². The molecule has 0 spiro atoms. The zero-order chi connectivity index (χ0) is 19.4. The number of hydrogen-bond acceptors (Lipinski definition) is 3. The Hall–Kier alpha value is -0.850. The summed E-state index contributed by atoms with van der Waals surface area (Å²) in [5.41, 5.74) is -6.42. The van der Waals surface area contributed by atoms with Crippen LogP contribution in [0.1, 0.15) is 54.4 Å². The first kappa shape index (κ1) is 20.5. The van der Waals surface area contributed by atoms with Crippen LogP contribution in [-0.2, 0) is 14.3 Å². The van der Waals surface area contributed by atoms with E-state index in [0.717, 1.165) is 6.92 Å². The summed E-state index contributed by atoms with van der Waals surface area (Å²) in [6.45, 7) is 8.36. The van der Waals surface area contributed by atoms with Crippen LogP contribution >= 0.6 is 0 Å². The van der Waals surface area contributed by atoms with Crippen LogP contribution in [0, 0.1) is 23.7 Å². The first-order valence-corrected chi connectivity index (χ1v) is 8.74. The highest BCUT2D eigenvalue weighted by molar-refractivity contribution is 5.71. The van der Waals surface area contributed by atoms with Crippen LogP contribution in [-0.4, -0.2) is 35.6 Å². The third-order valence-electron chi connectivity index (χ3n) is 6.14. The molecule has 3 nitrogen and oxygen atoms in total. The molecule has 0 aromatic rings. The number of carbonyl (C=O) groups is 1. The molecule has 2 aliphatic carbocycles. The fourth-order valence-corrected chi connectivity index (χ4v) is 4.52. The predicted octanol–water partition coefficient (Wildman–Crippen LogP) is 4.69. The zero-order valence-corrected chi connectivity index (χ0v) is 15.7. The molecule has 146 valence electrons. The molecule has 0 saturated heterocycles. The Morgan fingerprint density at radius 3 is 2.08 bits per heavy atom. The molecule has 0 aromatic carbocycles. The lowest BCUT2D eigenvalue weighted by Crippen LogP contribution is -2.64. The highest BCUT2D eigenvalue weighted by atomic mass is 19.4. The number of fused-ring (bicyclic) bond motifs is 2. The number of hydrogen-bond donors (Lipinski definition) is 0. The van der Waals surface area contributed by atoms with Gasteiger partial charge in [0, 0.05) is 0 Å². The second-order valence-corrected chi connectivity index (χ2v) is 8.79. The maximum atomic E-state index is 15.8. The van der Waals surface area contributed by atoms with Crippen LogP contribution in [0.2, 0.25) is 0 Å². The number of ether oxygens (including phenoxy) is 2. The van der Waals surface area contributed by atoms with E-state index in [1.165, 1.54) is 0 Å². The normalized spacial score (nSPS) is 37.8. The monoisotopic (exact) mass is 368 g/mol. The molecule has 2 saturated carbocycles. The standard InChI is InChI=1S/C18H28F4O3/c1-10-11(2)13-7-12(10)8-17(13,19)16(6,18(20,21)22)24-9-14(23)25-15(3,4)5/h10-13H,7-9H2,1-6H3. The highest BCUT2D eigenvalue weighted by Gasteiger charge is 2.74. The lowest BCUT2D eigenvalue weighted by atomic mass is 9.67. The Kier molecular flexibility index (Phi) is 4.99. The predicted molar refractivity (Wildman–Crippen MR) is 84.6 cm³/mol. The summed E-state index contributed by atoms with van der Waals surface area (Å²) >= 11 is 0. The van der Waals surface area contributed by atoms with Crippen molar-refractivity contribution in [2.75, 3.05) is 6.61 Å². The molecule has 6 atom stereocenters. The minimum absolute atomic E-state index is 0.0863. The SMILES string of the molecule is CC1C2CC(C1C)C(F)(C(C)(OCC(=O)OC(C)(C)C)C(F)(F)F)C2. The second kappa shape index (κ2) is 6.10. The van der Waals surface area contributed by atoms with E-state index in [0.29, 0.717) is 6.42 Å². The molecular weight excluding hydrogens is 340 g/mol. The Bertz CT molecular complexity index is 525. The summed E-state index contributed by atoms with van der Waals surface area (Å²) in [5.74, 6) is -1.71. The number of rotatable bonds is 4. The van der Waals surface area contributed by atoms with Gasteiger partial charge in [-0.05, 0) is 64.2 Å². The van der Waals surface area contributed by atoms with E-state index in [9.17, 15) is 18.0 Å². The molecule has 2 bridgehead atoms. The Labute approximate surface area is 146 Å². The van der Waals surface area contributed by atoms with Crippen molar-refractivity contribution in [3.63, 3.8) is 0 Å². The number of esters is 1. The van der Waals surface area contributed by atoms with E-state index in [1.54, 1.807) is 27.7 Å². The van der Waals surface area contributed by atoms with Crippen molar-refractivity contribution in [1.82, 2.24) is 0 Å². The van der Waals surface area contributed by atoms with Gasteiger partial charge in [0.15, 0.2) is 11.3 Å². The van der Waals surface area contributed by atoms with Gasteiger partial charge in [-0.2, -0.15) is 13.2 Å². The summed E-state index contributed by atoms with van der Waals surface area (Å²) in [6, 6.07) is 0. The third kappa shape index (κ3) is 3.40. The van der Waals surface area contributed by atoms with Crippen molar-refractivity contribution in [2.24, 2.45) is 23.7 Å². The summed E-state index contributed by atoms with van der Waals surface area (Å²) < 4.78 is 67.2. The van der Waals surface area contributed by atoms with Crippen molar-refractivity contribution in [3.8, 4) is 0 Å². The molecule has 2 aliphatic rings. The van der Waals surface area contributed by atoms with Gasteiger partial charge in [-0.1, -0.05) is 13.8 Å². The van der Waals surface area contributed by atoms with Crippen molar-refractivity contribution >= 4 is 5.97 Å². The lowest BCUT2D eigenvalue weighted by molar-refractivity contribution is -0.323. The van der Waals surface area contributed by atoms with E-state index in [4.69, 9.17) is 9.47 Å². The number of carbonyl (C=O) groups excluding carboxylic acids is 1. The van der Waals surface area contributed by atoms with Crippen molar-refractivity contribution < 1.29 is 31.8 Å². The Morgan fingerprint density at radius 1 is 1.12 bits per heavy atom. The average molecular weight is 368 g/mol. The van der Waals surface area contributed by atoms with Gasteiger partial charge in [0.2, 0.25) is 0 Å². The third-order valence-corrected chi connectivity index (χ3v) is 6.14. The van der Waals surface area contributed by atoms with Gasteiger partial charge in [-0.3, -0.25) is 0 Å². The first-order valence-electron chi connectivity index (χ1n) is 8.74. The van der Waals surface area contributed by atoms with E-state index in [-0.39, 0.29) is 24.2 Å². The molecule has 0 amide bonds. The highest BCUT2D eigenvalue weighted by Crippen LogP contribution is 2.64. The first-order chi connectivity index (χ1) is 11.1. The van der Waals surface area contributed by atoms with Gasteiger partial charge in [0.05, 0.1) is 0 Å². The minimum Gasteiger partial charge on any atom is -0.458 e. The van der Waals surface area contributed by atoms with Crippen molar-refractivity contribution in [3.05, 3.63) is 0 Å². The summed E-state index contributed by atoms with van der Waals surface area (Å²) in [6.07, 6.45) is -4.69. The smallest absolute Gasteiger partial charge is 0.420 e. The van der Waals surface area contributed by atoms with Gasteiger partial charge in [0.25, 0.3) is 0 Å². The molecule has 0 radical (unpaired) electrons. The molecule has 25 heavy (non-hydrogen) atoms. The molecule has 0 aromatic heterocycles. The average Bonchev–Trinajstić information content (AvgIpc) is 2.90. The summed E-state index contributed by atoms with van der Waals surface area (Å²) in [7, 11) is 0. The van der Waals surface area contributed by atoms with Gasteiger partial charge in [0.1, 0.15) is 12.2 Å². The minimum atomic E-state index is -4.93. The van der Waals surface area contributed by atoms with E-state index in [1.807, 2.05) is 6.92 Å². The van der Waals surface area contributed by atoms with Crippen LogP contribution < -0.4 is 0 Å². The Balaban J connectivity index is 2.23. The number of halogens is 4. The maximum absolute atomic E-state index is 15.8. The maximum Gasteiger partial charge on any atom is 0.420 e. The van der Waals surface area contributed by atoms with Crippen LogP contribution in [0.25, 0.3) is 0 Å². The van der Waals surface area contributed by atoms with Gasteiger partial charge < -0.3 is 9.47 Å². The van der Waals surface area contributed by atoms with Crippen molar-refractivity contribution in [1.29, 1.82) is 0 Å². The Morgan fingerprint density at radius 2 is 1.68 bits per heavy atom. The van der Waals surface area contributed by atoms with E-state index in [2.05, 4.69) is 0 Å². The lowest BCUT2D eigenvalue weighted by Gasteiger charge is -2.48. The fourth-order valence-electron chi connectivity index (χ4n) is 4.52. The van der Waals surface area contributed by atoms with Crippen LogP contribution in [0.5, 0.6) is 0 Å². The number of alkyl halides is 4. The molecule has 0 aliphatic heterocycles. The molecule has 6 unspecified atom stereocenters.